The summed E-state index contributed by atoms with van der Waals surface area (Å²) in [6.07, 6.45) is 0.962. The lowest BCUT2D eigenvalue weighted by Crippen LogP contribution is -2.09. The van der Waals surface area contributed by atoms with Crippen LogP contribution in [0.15, 0.2) is 276 Å². The van der Waals surface area contributed by atoms with E-state index in [1.54, 1.807) is 0 Å². The Bertz CT molecular complexity index is 2760. The Kier molecular flexibility index (Phi) is 16.1. The summed E-state index contributed by atoms with van der Waals surface area (Å²) in [5.74, 6) is 0. The van der Waals surface area contributed by atoms with Crippen LogP contribution < -0.4 is 4.90 Å². The van der Waals surface area contributed by atoms with E-state index in [1.165, 1.54) is 59.2 Å². The quantitative estimate of drug-likeness (QED) is 0.130. The van der Waals surface area contributed by atoms with Crippen molar-refractivity contribution in [2.75, 3.05) is 4.90 Å². The molecule has 0 aliphatic heterocycles. The Hall–Kier alpha value is -6.31. The highest BCUT2D eigenvalue weighted by atomic mass is 127. The van der Waals surface area contributed by atoms with E-state index >= 15 is 0 Å². The van der Waals surface area contributed by atoms with Crippen molar-refractivity contribution < 1.29 is 0 Å². The maximum absolute atomic E-state index is 3.56. The van der Waals surface area contributed by atoms with Gasteiger partial charge in [0.2, 0.25) is 0 Å². The van der Waals surface area contributed by atoms with Crippen LogP contribution in [0.25, 0.3) is 44.5 Å². The molecule has 10 rings (SSSR count). The van der Waals surface area contributed by atoms with Crippen LogP contribution >= 0.6 is 54.5 Å². The standard InChI is InChI=1S/C30H22BrN.C25H20.C6H4BrI/c31-27-15-21-30(22-16-27)32(28-17-11-25(12-18-28)23-7-3-1-4-8-23)29-19-13-26(14-20-29)24-9-5-2-6-10-24;1-3-7-22(8-4-1)24-15-11-20(12-16-24)19-21-13-17-25(18-14-21)23-9-5-2-6-10-23;7-5-1-3-6(8)4-2-5/h1-22H;1-18H,19H2;1-4H. The van der Waals surface area contributed by atoms with Crippen molar-refractivity contribution in [1.29, 1.82) is 0 Å². The summed E-state index contributed by atoms with van der Waals surface area (Å²) < 4.78 is 3.48. The SMILES string of the molecule is Brc1ccc(I)cc1.Brc1ccc(N(c2ccc(-c3ccccc3)cc2)c2ccc(-c3ccccc3)cc2)cc1.c1ccc(-c2ccc(Cc3ccc(-c4ccccc4)cc3)cc2)cc1. The molecule has 65 heavy (non-hydrogen) atoms. The average Bonchev–Trinajstić information content (AvgIpc) is 3.38. The second-order valence-corrected chi connectivity index (χ2v) is 18.5. The topological polar surface area (TPSA) is 3.24 Å². The third-order valence-corrected chi connectivity index (χ3v) is 12.7. The van der Waals surface area contributed by atoms with E-state index < -0.39 is 0 Å². The summed E-state index contributed by atoms with van der Waals surface area (Å²) in [5, 5.41) is 0. The lowest BCUT2D eigenvalue weighted by molar-refractivity contribution is 1.19. The molecule has 1 nitrogen and oxygen atoms in total. The van der Waals surface area contributed by atoms with E-state index in [0.717, 1.165) is 32.4 Å². The number of halogens is 3. The van der Waals surface area contributed by atoms with Gasteiger partial charge in [-0.3, -0.25) is 0 Å². The predicted molar refractivity (Wildman–Crippen MR) is 293 cm³/mol. The molecule has 0 saturated heterocycles. The highest BCUT2D eigenvalue weighted by Gasteiger charge is 2.13. The second-order valence-electron chi connectivity index (χ2n) is 15.4. The van der Waals surface area contributed by atoms with E-state index in [1.807, 2.05) is 24.3 Å². The largest absolute Gasteiger partial charge is 0.311 e. The van der Waals surface area contributed by atoms with Crippen molar-refractivity contribution in [2.45, 2.75) is 6.42 Å². The number of rotatable bonds is 9. The summed E-state index contributed by atoms with van der Waals surface area (Å²) in [4.78, 5) is 2.29. The van der Waals surface area contributed by atoms with Crippen LogP contribution in [-0.4, -0.2) is 0 Å². The van der Waals surface area contributed by atoms with Crippen molar-refractivity contribution in [3.63, 3.8) is 0 Å². The smallest absolute Gasteiger partial charge is 0.0462 e. The number of hydrogen-bond acceptors (Lipinski definition) is 1. The minimum Gasteiger partial charge on any atom is -0.311 e. The molecule has 0 amide bonds. The monoisotopic (exact) mass is 1080 g/mol. The molecule has 0 bridgehead atoms. The zero-order valence-electron chi connectivity index (χ0n) is 35.7. The molecule has 0 saturated carbocycles. The molecule has 10 aromatic rings. The summed E-state index contributed by atoms with van der Waals surface area (Å²) in [5.41, 5.74) is 16.0. The maximum atomic E-state index is 3.56. The van der Waals surface area contributed by atoms with Gasteiger partial charge in [0.1, 0.15) is 0 Å². The third-order valence-electron chi connectivity index (χ3n) is 10.9. The van der Waals surface area contributed by atoms with Gasteiger partial charge < -0.3 is 4.90 Å². The molecule has 4 heteroatoms. The van der Waals surface area contributed by atoms with Crippen LogP contribution in [0.3, 0.4) is 0 Å². The Morgan fingerprint density at radius 3 is 0.769 bits per heavy atom. The molecule has 0 radical (unpaired) electrons. The first-order chi connectivity index (χ1) is 31.9. The van der Waals surface area contributed by atoms with Gasteiger partial charge in [-0.2, -0.15) is 0 Å². The van der Waals surface area contributed by atoms with Crippen LogP contribution in [0.2, 0.25) is 0 Å². The lowest BCUT2D eigenvalue weighted by Gasteiger charge is -2.26. The van der Waals surface area contributed by atoms with E-state index in [9.17, 15) is 0 Å². The van der Waals surface area contributed by atoms with Crippen LogP contribution in [-0.2, 0) is 6.42 Å². The van der Waals surface area contributed by atoms with Gasteiger partial charge in [0.25, 0.3) is 0 Å². The normalized spacial score (nSPS) is 10.4. The minimum atomic E-state index is 0.962. The van der Waals surface area contributed by atoms with Crippen molar-refractivity contribution in [1.82, 2.24) is 0 Å². The van der Waals surface area contributed by atoms with Gasteiger partial charge in [0.15, 0.2) is 0 Å². The average molecular weight is 1080 g/mol. The third kappa shape index (κ3) is 12.9. The fraction of sp³-hybridized carbons (Fsp3) is 0.0164. The van der Waals surface area contributed by atoms with Crippen LogP contribution in [0.1, 0.15) is 11.1 Å². The number of benzene rings is 10. The van der Waals surface area contributed by atoms with Gasteiger partial charge >= 0.3 is 0 Å². The predicted octanol–water partition coefficient (Wildman–Crippen LogP) is 18.9. The molecule has 0 N–H and O–H groups in total. The van der Waals surface area contributed by atoms with Gasteiger partial charge in [0, 0.05) is 29.6 Å². The summed E-state index contributed by atoms with van der Waals surface area (Å²) in [6, 6.07) is 93.9. The van der Waals surface area contributed by atoms with Crippen LogP contribution in [0, 0.1) is 3.57 Å². The summed E-state index contributed by atoms with van der Waals surface area (Å²) >= 11 is 9.18. The molecule has 0 heterocycles. The van der Waals surface area contributed by atoms with E-state index in [2.05, 4.69) is 302 Å². The maximum Gasteiger partial charge on any atom is 0.0462 e. The fourth-order valence-electron chi connectivity index (χ4n) is 7.46. The first-order valence-corrected chi connectivity index (χ1v) is 24.2. The number of nitrogens with zero attached hydrogens (tertiary/aromatic N) is 1. The number of anilines is 3. The van der Waals surface area contributed by atoms with Gasteiger partial charge in [-0.1, -0.05) is 226 Å². The number of hydrogen-bond donors (Lipinski definition) is 0. The fourth-order valence-corrected chi connectivity index (χ4v) is 8.35. The Morgan fingerprint density at radius 1 is 0.262 bits per heavy atom. The highest BCUT2D eigenvalue weighted by Crippen LogP contribution is 2.37. The first kappa shape index (κ1) is 45.3. The molecule has 0 fully saturated rings. The van der Waals surface area contributed by atoms with E-state index in [0.29, 0.717) is 0 Å². The zero-order valence-corrected chi connectivity index (χ0v) is 41.0. The van der Waals surface area contributed by atoms with Gasteiger partial charge in [0.05, 0.1) is 0 Å². The lowest BCUT2D eigenvalue weighted by atomic mass is 9.98. The molecule has 0 aliphatic carbocycles. The molecular weight excluding hydrogens is 1030 g/mol. The van der Waals surface area contributed by atoms with Gasteiger partial charge in [-0.15, -0.1) is 0 Å². The summed E-state index contributed by atoms with van der Waals surface area (Å²) in [7, 11) is 0. The molecule has 0 atom stereocenters. The molecule has 0 aromatic heterocycles. The minimum absolute atomic E-state index is 0.962. The molecule has 316 valence electrons. The van der Waals surface area contributed by atoms with Gasteiger partial charge in [-0.05, 0) is 157 Å². The van der Waals surface area contributed by atoms with Crippen molar-refractivity contribution in [3.05, 3.63) is 291 Å². The first-order valence-electron chi connectivity index (χ1n) is 21.5. The Morgan fingerprint density at radius 2 is 0.492 bits per heavy atom. The van der Waals surface area contributed by atoms with E-state index in [4.69, 9.17) is 0 Å². The highest BCUT2D eigenvalue weighted by molar-refractivity contribution is 14.1. The van der Waals surface area contributed by atoms with Crippen molar-refractivity contribution in [2.24, 2.45) is 0 Å². The van der Waals surface area contributed by atoms with Crippen LogP contribution in [0.4, 0.5) is 17.1 Å². The molecule has 10 aromatic carbocycles. The summed E-state index contributed by atoms with van der Waals surface area (Å²) in [6.45, 7) is 0. The van der Waals surface area contributed by atoms with Crippen LogP contribution in [0.5, 0.6) is 0 Å². The van der Waals surface area contributed by atoms with Gasteiger partial charge in [-0.25, -0.2) is 0 Å². The zero-order chi connectivity index (χ0) is 44.6. The van der Waals surface area contributed by atoms with Crippen molar-refractivity contribution >= 4 is 71.5 Å². The molecule has 0 unspecified atom stereocenters. The molecule has 0 spiro atoms. The van der Waals surface area contributed by atoms with E-state index in [-0.39, 0.29) is 0 Å². The second kappa shape index (κ2) is 23.0. The molecule has 0 aliphatic rings. The molecular formula is C61H46Br2IN. The Labute approximate surface area is 414 Å². The van der Waals surface area contributed by atoms with Crippen molar-refractivity contribution in [3.8, 4) is 44.5 Å². The Balaban J connectivity index is 0.000000155.